The highest BCUT2D eigenvalue weighted by Gasteiger charge is 2.29. The van der Waals surface area contributed by atoms with Gasteiger partial charge in [0, 0.05) is 6.42 Å². The van der Waals surface area contributed by atoms with E-state index in [4.69, 9.17) is 21.2 Å². The third-order valence-corrected chi connectivity index (χ3v) is 7.18. The van der Waals surface area contributed by atoms with Gasteiger partial charge in [-0.2, -0.15) is 5.12 Å². The van der Waals surface area contributed by atoms with Crippen molar-refractivity contribution < 1.29 is 29.0 Å². The molecule has 4 aromatic rings. The standard InChI is InChI=1S/C32H29N3O6/c33-35(34)29(30(36)37)17-28-25(31(38)40-18-20-8-2-1-3-9-20)14-7-15-26(28)32(39)41-19-22-11-6-13-24-23-12-5-4-10-21(23)16-27(22)24/h1-15,29H,16-19,33-34H2,(H,36,37). The lowest BCUT2D eigenvalue weighted by molar-refractivity contribution is -0.143. The van der Waals surface area contributed by atoms with Crippen LogP contribution in [0.15, 0.2) is 91.0 Å². The Morgan fingerprint density at radius 2 is 1.37 bits per heavy atom. The second kappa shape index (κ2) is 12.1. The monoisotopic (exact) mass is 551 g/mol. The SMILES string of the molecule is NN(N)C(Cc1c(C(=O)OCc2ccccc2)cccc1C(=O)OCc1cccc2c1Cc1ccccc1-2)C(=O)O. The predicted molar refractivity (Wildman–Crippen MR) is 151 cm³/mol. The molecule has 0 saturated carbocycles. The van der Waals surface area contributed by atoms with Gasteiger partial charge in [0.05, 0.1) is 11.1 Å². The number of rotatable bonds is 10. The van der Waals surface area contributed by atoms with Crippen molar-refractivity contribution in [2.24, 2.45) is 11.7 Å². The van der Waals surface area contributed by atoms with E-state index in [1.165, 1.54) is 23.8 Å². The number of hydrogen-bond acceptors (Lipinski definition) is 8. The van der Waals surface area contributed by atoms with E-state index in [-0.39, 0.29) is 36.3 Å². The van der Waals surface area contributed by atoms with Gasteiger partial charge in [-0.15, -0.1) is 0 Å². The Hall–Kier alpha value is -4.83. The van der Waals surface area contributed by atoms with Gasteiger partial charge in [-0.3, -0.25) is 16.5 Å². The lowest BCUT2D eigenvalue weighted by Crippen LogP contribution is -2.52. The zero-order valence-electron chi connectivity index (χ0n) is 22.2. The molecule has 0 heterocycles. The van der Waals surface area contributed by atoms with Crippen LogP contribution < -0.4 is 11.7 Å². The van der Waals surface area contributed by atoms with Crippen LogP contribution in [0.2, 0.25) is 0 Å². The average molecular weight is 552 g/mol. The van der Waals surface area contributed by atoms with Gasteiger partial charge in [0.1, 0.15) is 19.3 Å². The zero-order chi connectivity index (χ0) is 28.9. The zero-order valence-corrected chi connectivity index (χ0v) is 22.2. The first-order valence-corrected chi connectivity index (χ1v) is 13.0. The molecular formula is C32H29N3O6. The summed E-state index contributed by atoms with van der Waals surface area (Å²) >= 11 is 0. The molecule has 0 radical (unpaired) electrons. The van der Waals surface area contributed by atoms with Crippen LogP contribution in [0.3, 0.4) is 0 Å². The van der Waals surface area contributed by atoms with E-state index in [0.29, 0.717) is 5.12 Å². The molecule has 0 aliphatic heterocycles. The topological polar surface area (TPSA) is 145 Å². The van der Waals surface area contributed by atoms with Crippen LogP contribution in [0.1, 0.15) is 48.5 Å². The van der Waals surface area contributed by atoms with E-state index in [2.05, 4.69) is 12.1 Å². The number of nitrogens with two attached hydrogens (primary N) is 2. The fourth-order valence-corrected chi connectivity index (χ4v) is 5.08. The molecule has 0 fully saturated rings. The average Bonchev–Trinajstić information content (AvgIpc) is 3.37. The summed E-state index contributed by atoms with van der Waals surface area (Å²) in [4.78, 5) is 38.5. The van der Waals surface area contributed by atoms with Crippen LogP contribution in [0.4, 0.5) is 0 Å². The lowest BCUT2D eigenvalue weighted by atomic mass is 9.94. The minimum atomic E-state index is -1.42. The van der Waals surface area contributed by atoms with Gasteiger partial charge >= 0.3 is 17.9 Å². The van der Waals surface area contributed by atoms with Crippen molar-refractivity contribution >= 4 is 17.9 Å². The molecule has 0 aromatic heterocycles. The second-order valence-corrected chi connectivity index (χ2v) is 9.75. The highest BCUT2D eigenvalue weighted by atomic mass is 16.5. The number of hydrogen-bond donors (Lipinski definition) is 3. The van der Waals surface area contributed by atoms with E-state index in [9.17, 15) is 19.5 Å². The number of nitrogens with zero attached hydrogens (tertiary/aromatic N) is 1. The number of fused-ring (bicyclic) bond motifs is 3. The number of aliphatic carboxylic acids is 1. The molecule has 0 bridgehead atoms. The third-order valence-electron chi connectivity index (χ3n) is 7.18. The summed E-state index contributed by atoms with van der Waals surface area (Å²) in [5.41, 5.74) is 6.38. The molecule has 1 aliphatic carbocycles. The Kier molecular flexibility index (Phi) is 8.21. The van der Waals surface area contributed by atoms with E-state index in [1.54, 1.807) is 0 Å². The van der Waals surface area contributed by atoms with E-state index >= 15 is 0 Å². The summed E-state index contributed by atoms with van der Waals surface area (Å²) in [6.07, 6.45) is 0.399. The number of esters is 2. The molecule has 1 unspecified atom stereocenters. The summed E-state index contributed by atoms with van der Waals surface area (Å²) in [7, 11) is 0. The highest BCUT2D eigenvalue weighted by molar-refractivity contribution is 5.98. The molecule has 9 nitrogen and oxygen atoms in total. The Bertz CT molecular complexity index is 1600. The highest BCUT2D eigenvalue weighted by Crippen LogP contribution is 2.38. The van der Waals surface area contributed by atoms with Crippen LogP contribution in [0.5, 0.6) is 0 Å². The van der Waals surface area contributed by atoms with Crippen LogP contribution in [-0.2, 0) is 40.3 Å². The Morgan fingerprint density at radius 3 is 2.05 bits per heavy atom. The van der Waals surface area contributed by atoms with Gasteiger partial charge in [0.15, 0.2) is 0 Å². The minimum Gasteiger partial charge on any atom is -0.480 e. The Balaban J connectivity index is 1.41. The van der Waals surface area contributed by atoms with Crippen LogP contribution in [0.25, 0.3) is 11.1 Å². The molecule has 4 aromatic carbocycles. The van der Waals surface area contributed by atoms with Crippen LogP contribution in [0, 0.1) is 0 Å². The fourth-order valence-electron chi connectivity index (χ4n) is 5.08. The van der Waals surface area contributed by atoms with Crippen molar-refractivity contribution in [1.29, 1.82) is 0 Å². The molecule has 5 rings (SSSR count). The molecule has 208 valence electrons. The van der Waals surface area contributed by atoms with Crippen molar-refractivity contribution in [1.82, 2.24) is 5.12 Å². The fraction of sp³-hybridized carbons (Fsp3) is 0.156. The van der Waals surface area contributed by atoms with Gasteiger partial charge in [-0.1, -0.05) is 78.9 Å². The molecular weight excluding hydrogens is 522 g/mol. The molecule has 9 heteroatoms. The van der Waals surface area contributed by atoms with Crippen molar-refractivity contribution in [2.75, 3.05) is 0 Å². The number of carbonyl (C=O) groups excluding carboxylic acids is 2. The van der Waals surface area contributed by atoms with Gasteiger partial charge in [-0.25, -0.2) is 9.59 Å². The molecule has 0 amide bonds. The molecule has 0 spiro atoms. The second-order valence-electron chi connectivity index (χ2n) is 9.75. The van der Waals surface area contributed by atoms with Crippen molar-refractivity contribution in [3.63, 3.8) is 0 Å². The van der Waals surface area contributed by atoms with Gasteiger partial charge in [0.2, 0.25) is 0 Å². The first-order valence-electron chi connectivity index (χ1n) is 13.0. The van der Waals surface area contributed by atoms with Crippen LogP contribution in [-0.4, -0.2) is 34.2 Å². The third kappa shape index (κ3) is 6.02. The number of ether oxygens (including phenoxy) is 2. The van der Waals surface area contributed by atoms with E-state index in [0.717, 1.165) is 34.2 Å². The normalized spacial score (nSPS) is 12.4. The van der Waals surface area contributed by atoms with Crippen molar-refractivity contribution in [3.05, 3.63) is 130 Å². The first kappa shape index (κ1) is 27.7. The quantitative estimate of drug-likeness (QED) is 0.133. The number of carbonyl (C=O) groups is 3. The molecule has 1 atom stereocenters. The van der Waals surface area contributed by atoms with Crippen LogP contribution >= 0.6 is 0 Å². The predicted octanol–water partition coefficient (Wildman–Crippen LogP) is 4.02. The summed E-state index contributed by atoms with van der Waals surface area (Å²) < 4.78 is 11.2. The Labute approximate surface area is 236 Å². The number of carboxylic acid groups (broad SMARTS) is 1. The smallest absolute Gasteiger partial charge is 0.338 e. The largest absolute Gasteiger partial charge is 0.480 e. The van der Waals surface area contributed by atoms with Crippen molar-refractivity contribution in [3.8, 4) is 11.1 Å². The van der Waals surface area contributed by atoms with Gasteiger partial charge in [-0.05, 0) is 57.5 Å². The first-order chi connectivity index (χ1) is 19.8. The van der Waals surface area contributed by atoms with Gasteiger partial charge < -0.3 is 14.6 Å². The summed E-state index contributed by atoms with van der Waals surface area (Å²) in [5, 5.41) is 10.2. The number of benzene rings is 4. The molecule has 0 saturated heterocycles. The van der Waals surface area contributed by atoms with E-state index < -0.39 is 23.9 Å². The maximum atomic E-state index is 13.4. The summed E-state index contributed by atoms with van der Waals surface area (Å²) in [6, 6.07) is 26.2. The summed E-state index contributed by atoms with van der Waals surface area (Å²) in [5.74, 6) is 8.44. The number of carboxylic acids is 1. The van der Waals surface area contributed by atoms with Gasteiger partial charge in [0.25, 0.3) is 0 Å². The number of hydrazine groups is 2. The van der Waals surface area contributed by atoms with Crippen molar-refractivity contribution in [2.45, 2.75) is 32.1 Å². The summed E-state index contributed by atoms with van der Waals surface area (Å²) in [6.45, 7) is -0.00205. The Morgan fingerprint density at radius 1 is 0.756 bits per heavy atom. The maximum absolute atomic E-state index is 13.4. The lowest BCUT2D eigenvalue weighted by Gasteiger charge is -2.22. The minimum absolute atomic E-state index is 0.000375. The molecule has 1 aliphatic rings. The molecule has 41 heavy (non-hydrogen) atoms. The molecule has 5 N–H and O–H groups in total. The maximum Gasteiger partial charge on any atom is 0.338 e. The van der Waals surface area contributed by atoms with E-state index in [1.807, 2.05) is 60.7 Å².